The van der Waals surface area contributed by atoms with Gasteiger partial charge in [0.25, 0.3) is 0 Å². The summed E-state index contributed by atoms with van der Waals surface area (Å²) in [6.07, 6.45) is 6.16. The maximum Gasteiger partial charge on any atom is 0.417 e. The zero-order valence-electron chi connectivity index (χ0n) is 17.3. The lowest BCUT2D eigenvalue weighted by molar-refractivity contribution is -0.121. The number of aromatic nitrogens is 3. The van der Waals surface area contributed by atoms with Crippen LogP contribution in [0, 0.1) is 0 Å². The van der Waals surface area contributed by atoms with Crippen LogP contribution in [0.1, 0.15) is 63.6 Å². The van der Waals surface area contributed by atoms with E-state index in [1.54, 1.807) is 18.2 Å². The van der Waals surface area contributed by atoms with Crippen LogP contribution in [0.3, 0.4) is 0 Å². The van der Waals surface area contributed by atoms with Crippen molar-refractivity contribution in [2.75, 3.05) is 5.32 Å². The van der Waals surface area contributed by atoms with Gasteiger partial charge in [0.1, 0.15) is 5.54 Å². The number of oxazole rings is 1. The van der Waals surface area contributed by atoms with Crippen LogP contribution in [0.15, 0.2) is 31.9 Å². The van der Waals surface area contributed by atoms with Crippen LogP contribution in [0.4, 0.5) is 5.69 Å². The minimum Gasteiger partial charge on any atom is -0.408 e. The summed E-state index contributed by atoms with van der Waals surface area (Å²) in [4.78, 5) is 42.4. The zero-order valence-corrected chi connectivity index (χ0v) is 17.3. The smallest absolute Gasteiger partial charge is 0.408 e. The van der Waals surface area contributed by atoms with E-state index >= 15 is 0 Å². The molecular formula is C21H25N5O5. The molecule has 0 spiro atoms. The number of aromatic amines is 1. The number of hydrogen-bond acceptors (Lipinski definition) is 7. The molecule has 0 aliphatic heterocycles. The standard InChI is InChI=1S/C21H25N5O5/c1-13(27)25-21(10-4-2-3-5-11-21)19-24-18(31-26-19)9-8-17(28)22-14-6-7-16-15(12-14)23-20(29)30-16/h6-7,12H,2-5,8-11H2,1H3,(H,22,28)(H,23,29)(H,25,27). The molecule has 0 radical (unpaired) electrons. The van der Waals surface area contributed by atoms with E-state index in [0.29, 0.717) is 28.5 Å². The van der Waals surface area contributed by atoms with Gasteiger partial charge in [0, 0.05) is 25.5 Å². The van der Waals surface area contributed by atoms with E-state index in [0.717, 1.165) is 38.5 Å². The Morgan fingerprint density at radius 1 is 1.19 bits per heavy atom. The molecule has 10 heteroatoms. The fourth-order valence-corrected chi connectivity index (χ4v) is 4.10. The largest absolute Gasteiger partial charge is 0.417 e. The van der Waals surface area contributed by atoms with Crippen molar-refractivity contribution in [2.45, 2.75) is 63.8 Å². The summed E-state index contributed by atoms with van der Waals surface area (Å²) < 4.78 is 10.3. The first kappa shape index (κ1) is 20.8. The number of H-pyrrole nitrogens is 1. The molecule has 2 heterocycles. The van der Waals surface area contributed by atoms with Crippen molar-refractivity contribution >= 4 is 28.6 Å². The third kappa shape index (κ3) is 4.84. The fourth-order valence-electron chi connectivity index (χ4n) is 4.10. The van der Waals surface area contributed by atoms with Crippen LogP contribution < -0.4 is 16.4 Å². The zero-order chi connectivity index (χ0) is 21.8. The third-order valence-corrected chi connectivity index (χ3v) is 5.54. The van der Waals surface area contributed by atoms with E-state index in [-0.39, 0.29) is 24.7 Å². The molecule has 2 aromatic heterocycles. The lowest BCUT2D eigenvalue weighted by Gasteiger charge is -2.30. The van der Waals surface area contributed by atoms with E-state index in [1.165, 1.54) is 6.92 Å². The van der Waals surface area contributed by atoms with Gasteiger partial charge >= 0.3 is 5.76 Å². The Hall–Kier alpha value is -3.43. The lowest BCUT2D eigenvalue weighted by atomic mass is 9.89. The van der Waals surface area contributed by atoms with E-state index in [9.17, 15) is 14.4 Å². The molecular weight excluding hydrogens is 402 g/mol. The van der Waals surface area contributed by atoms with Gasteiger partial charge in [-0.1, -0.05) is 30.8 Å². The first-order valence-electron chi connectivity index (χ1n) is 10.5. The molecule has 3 aromatic rings. The van der Waals surface area contributed by atoms with Crippen LogP contribution in [-0.4, -0.2) is 26.9 Å². The van der Waals surface area contributed by atoms with E-state index < -0.39 is 11.3 Å². The van der Waals surface area contributed by atoms with Gasteiger partial charge in [-0.15, -0.1) is 0 Å². The molecule has 31 heavy (non-hydrogen) atoms. The Bertz CT molecular complexity index is 1140. The number of nitrogens with one attached hydrogen (secondary N) is 3. The van der Waals surface area contributed by atoms with Crippen molar-refractivity contribution in [1.82, 2.24) is 20.4 Å². The van der Waals surface area contributed by atoms with Gasteiger partial charge in [-0.3, -0.25) is 14.6 Å². The molecule has 1 fully saturated rings. The van der Waals surface area contributed by atoms with E-state index in [2.05, 4.69) is 25.8 Å². The predicted molar refractivity (Wildman–Crippen MR) is 111 cm³/mol. The Morgan fingerprint density at radius 2 is 1.97 bits per heavy atom. The second kappa shape index (κ2) is 8.75. The highest BCUT2D eigenvalue weighted by atomic mass is 16.5. The highest BCUT2D eigenvalue weighted by Gasteiger charge is 2.38. The number of aryl methyl sites for hydroxylation is 1. The van der Waals surface area contributed by atoms with Gasteiger partial charge in [-0.25, -0.2) is 4.79 Å². The van der Waals surface area contributed by atoms with Gasteiger partial charge in [0.15, 0.2) is 11.4 Å². The number of fused-ring (bicyclic) bond motifs is 1. The molecule has 0 saturated heterocycles. The van der Waals surface area contributed by atoms with E-state index in [4.69, 9.17) is 8.94 Å². The number of rotatable bonds is 6. The molecule has 0 atom stereocenters. The highest BCUT2D eigenvalue weighted by molar-refractivity contribution is 5.92. The van der Waals surface area contributed by atoms with Crippen LogP contribution in [0.5, 0.6) is 0 Å². The number of benzene rings is 1. The molecule has 4 rings (SSSR count). The third-order valence-electron chi connectivity index (χ3n) is 5.54. The summed E-state index contributed by atoms with van der Waals surface area (Å²) in [6.45, 7) is 1.49. The number of amides is 2. The molecule has 3 N–H and O–H groups in total. The minimum absolute atomic E-state index is 0.122. The summed E-state index contributed by atoms with van der Waals surface area (Å²) in [5, 5.41) is 9.95. The summed E-state index contributed by atoms with van der Waals surface area (Å²) in [5.74, 6) is -0.0564. The fraction of sp³-hybridized carbons (Fsp3) is 0.476. The first-order valence-corrected chi connectivity index (χ1v) is 10.5. The van der Waals surface area contributed by atoms with Crippen molar-refractivity contribution in [3.05, 3.63) is 40.5 Å². The summed E-state index contributed by atoms with van der Waals surface area (Å²) in [6, 6.07) is 4.90. The Balaban J connectivity index is 1.39. The molecule has 164 valence electrons. The topological polar surface area (TPSA) is 143 Å². The summed E-state index contributed by atoms with van der Waals surface area (Å²) >= 11 is 0. The van der Waals surface area contributed by atoms with Crippen LogP contribution in [-0.2, 0) is 21.5 Å². The van der Waals surface area contributed by atoms with E-state index in [1.807, 2.05) is 0 Å². The monoisotopic (exact) mass is 427 g/mol. The van der Waals surface area contributed by atoms with Gasteiger partial charge in [-0.2, -0.15) is 4.98 Å². The minimum atomic E-state index is -0.608. The van der Waals surface area contributed by atoms with Gasteiger partial charge in [0.2, 0.25) is 17.7 Å². The molecule has 1 aromatic carbocycles. The molecule has 2 amide bonds. The maximum absolute atomic E-state index is 12.3. The highest BCUT2D eigenvalue weighted by Crippen LogP contribution is 2.34. The van der Waals surface area contributed by atoms with Crippen LogP contribution in [0.2, 0.25) is 0 Å². The van der Waals surface area contributed by atoms with Crippen molar-refractivity contribution in [1.29, 1.82) is 0 Å². The Labute approximate surface area is 177 Å². The Kier molecular flexibility index (Phi) is 5.88. The Morgan fingerprint density at radius 3 is 2.71 bits per heavy atom. The quantitative estimate of drug-likeness (QED) is 0.513. The van der Waals surface area contributed by atoms with Gasteiger partial charge in [0.05, 0.1) is 5.52 Å². The second-order valence-corrected chi connectivity index (χ2v) is 7.96. The SMILES string of the molecule is CC(=O)NC1(c2noc(CCC(=O)Nc3ccc4oc(=O)[nH]c4c3)n2)CCCCCC1. The number of anilines is 1. The van der Waals surface area contributed by atoms with Gasteiger partial charge < -0.3 is 19.6 Å². The van der Waals surface area contributed by atoms with Crippen molar-refractivity contribution in [2.24, 2.45) is 0 Å². The predicted octanol–water partition coefficient (Wildman–Crippen LogP) is 2.76. The number of carbonyl (C=O) groups excluding carboxylic acids is 2. The second-order valence-electron chi connectivity index (χ2n) is 7.96. The molecule has 1 saturated carbocycles. The molecule has 1 aliphatic carbocycles. The maximum atomic E-state index is 12.3. The normalized spacial score (nSPS) is 16.0. The van der Waals surface area contributed by atoms with Crippen molar-refractivity contribution in [3.63, 3.8) is 0 Å². The summed E-state index contributed by atoms with van der Waals surface area (Å²) in [5.41, 5.74) is 0.872. The molecule has 0 bridgehead atoms. The first-order chi connectivity index (χ1) is 14.9. The average Bonchev–Trinajstić information content (AvgIpc) is 3.27. The van der Waals surface area contributed by atoms with Crippen LogP contribution in [0.25, 0.3) is 11.1 Å². The number of nitrogens with zero attached hydrogens (tertiary/aromatic N) is 2. The summed E-state index contributed by atoms with van der Waals surface area (Å²) in [7, 11) is 0. The molecule has 1 aliphatic rings. The number of carbonyl (C=O) groups is 2. The van der Waals surface area contributed by atoms with Crippen molar-refractivity contribution < 1.29 is 18.5 Å². The average molecular weight is 427 g/mol. The van der Waals surface area contributed by atoms with Gasteiger partial charge in [-0.05, 0) is 31.0 Å². The molecule has 10 nitrogen and oxygen atoms in total. The lowest BCUT2D eigenvalue weighted by Crippen LogP contribution is -2.45. The van der Waals surface area contributed by atoms with Crippen molar-refractivity contribution in [3.8, 4) is 0 Å². The van der Waals surface area contributed by atoms with Crippen LogP contribution >= 0.6 is 0 Å². The molecule has 0 unspecified atom stereocenters. The number of hydrogen-bond donors (Lipinski definition) is 3.